The highest BCUT2D eigenvalue weighted by molar-refractivity contribution is 5.94. The highest BCUT2D eigenvalue weighted by atomic mass is 16.4. The Kier molecular flexibility index (Phi) is 12.9. The van der Waals surface area contributed by atoms with Crippen LogP contribution in [-0.2, 0) is 25.6 Å². The van der Waals surface area contributed by atoms with Crippen molar-refractivity contribution in [1.29, 1.82) is 0 Å². The molecule has 0 saturated heterocycles. The molecule has 0 aliphatic heterocycles. The van der Waals surface area contributed by atoms with E-state index >= 15 is 0 Å². The van der Waals surface area contributed by atoms with Crippen molar-refractivity contribution >= 4 is 29.7 Å². The number of carboxylic acid groups (broad SMARTS) is 1. The average molecular weight is 512 g/mol. The van der Waals surface area contributed by atoms with Gasteiger partial charge >= 0.3 is 5.97 Å². The number of imidazole rings is 1. The molecule has 36 heavy (non-hydrogen) atoms. The molecule has 1 aromatic heterocycles. The quantitative estimate of drug-likeness (QED) is 0.0613. The Morgan fingerprint density at radius 1 is 1.11 bits per heavy atom. The van der Waals surface area contributed by atoms with Gasteiger partial charge in [0.2, 0.25) is 17.7 Å². The van der Waals surface area contributed by atoms with E-state index in [1.54, 1.807) is 6.92 Å². The first-order chi connectivity index (χ1) is 17.0. The molecule has 0 aliphatic carbocycles. The number of hydrogen-bond acceptors (Lipinski definition) is 8. The Morgan fingerprint density at radius 2 is 1.78 bits per heavy atom. The van der Waals surface area contributed by atoms with Crippen LogP contribution in [0.15, 0.2) is 17.5 Å². The zero-order valence-corrected chi connectivity index (χ0v) is 20.4. The summed E-state index contributed by atoms with van der Waals surface area (Å²) in [7, 11) is 0. The predicted molar refractivity (Wildman–Crippen MR) is 130 cm³/mol. The van der Waals surface area contributed by atoms with Crippen LogP contribution in [0, 0.1) is 5.92 Å². The molecule has 0 saturated carbocycles. The molecule has 15 nitrogen and oxygen atoms in total. The molecule has 0 radical (unpaired) electrons. The van der Waals surface area contributed by atoms with Crippen molar-refractivity contribution in [3.63, 3.8) is 0 Å². The monoisotopic (exact) mass is 511 g/mol. The third-order valence-corrected chi connectivity index (χ3v) is 5.50. The van der Waals surface area contributed by atoms with Crippen LogP contribution in [0.3, 0.4) is 0 Å². The summed E-state index contributed by atoms with van der Waals surface area (Å²) in [6.07, 6.45) is 3.74. The number of nitrogens with zero attached hydrogens (tertiary/aromatic N) is 2. The Bertz CT molecular complexity index is 888. The summed E-state index contributed by atoms with van der Waals surface area (Å²) in [5.74, 6) is -3.87. The van der Waals surface area contributed by atoms with Gasteiger partial charge in [0.1, 0.15) is 24.2 Å². The molecule has 12 N–H and O–H groups in total. The van der Waals surface area contributed by atoms with Crippen molar-refractivity contribution in [1.82, 2.24) is 25.9 Å². The average Bonchev–Trinajstić information content (AvgIpc) is 3.35. The number of H-pyrrole nitrogens is 1. The summed E-state index contributed by atoms with van der Waals surface area (Å²) < 4.78 is 0. The SMILES string of the molecule is CCC(C)C(NC(=O)C(Cc1cnc[nH]1)NC(=O)C(N)CO)C(=O)NC(CCCN=C(N)N)C(=O)O. The fraction of sp³-hybridized carbons (Fsp3) is 0.619. The Labute approximate surface area is 208 Å². The number of aliphatic hydroxyl groups excluding tert-OH is 1. The van der Waals surface area contributed by atoms with Crippen LogP contribution in [0.5, 0.6) is 0 Å². The summed E-state index contributed by atoms with van der Waals surface area (Å²) in [5, 5.41) is 26.2. The van der Waals surface area contributed by atoms with Crippen LogP contribution < -0.4 is 33.2 Å². The van der Waals surface area contributed by atoms with Gasteiger partial charge in [-0.2, -0.15) is 0 Å². The second-order valence-electron chi connectivity index (χ2n) is 8.35. The van der Waals surface area contributed by atoms with Crippen molar-refractivity contribution in [2.45, 2.75) is 63.7 Å². The number of nitrogens with two attached hydrogens (primary N) is 3. The molecule has 1 aromatic rings. The topological polar surface area (TPSA) is 264 Å². The minimum atomic E-state index is -1.25. The fourth-order valence-electron chi connectivity index (χ4n) is 3.17. The lowest BCUT2D eigenvalue weighted by Gasteiger charge is -2.28. The highest BCUT2D eigenvalue weighted by Gasteiger charge is 2.32. The van der Waals surface area contributed by atoms with Gasteiger partial charge < -0.3 is 48.3 Å². The van der Waals surface area contributed by atoms with E-state index in [1.807, 2.05) is 6.92 Å². The second kappa shape index (κ2) is 15.3. The fourth-order valence-corrected chi connectivity index (χ4v) is 3.17. The normalized spacial score (nSPS) is 15.0. The summed E-state index contributed by atoms with van der Waals surface area (Å²) in [4.78, 5) is 60.6. The number of aliphatic hydroxyl groups is 1. The third-order valence-electron chi connectivity index (χ3n) is 5.50. The number of carboxylic acids is 1. The molecule has 3 amide bonds. The predicted octanol–water partition coefficient (Wildman–Crippen LogP) is -3.09. The third kappa shape index (κ3) is 10.3. The Morgan fingerprint density at radius 3 is 2.31 bits per heavy atom. The summed E-state index contributed by atoms with van der Waals surface area (Å²) >= 11 is 0. The van der Waals surface area contributed by atoms with Gasteiger partial charge in [-0.25, -0.2) is 9.78 Å². The molecular weight excluding hydrogens is 474 g/mol. The highest BCUT2D eigenvalue weighted by Crippen LogP contribution is 2.11. The smallest absolute Gasteiger partial charge is 0.326 e. The molecule has 202 valence electrons. The first kappa shape index (κ1) is 30.3. The lowest BCUT2D eigenvalue weighted by Crippen LogP contribution is -2.59. The number of aliphatic imine (C=N–C) groups is 1. The number of carbonyl (C=O) groups excluding carboxylic acids is 3. The standard InChI is InChI=1S/C21H37N9O6/c1-3-11(2)16(19(34)28-14(20(35)36)5-4-6-26-21(23)24)30-18(33)15(7-12-8-25-10-27-12)29-17(32)13(22)9-31/h8,10-11,13-16,31H,3-7,9,22H2,1-2H3,(H,25,27)(H,28,34)(H,29,32)(H,30,33)(H,35,36)(H4,23,24,26). The number of rotatable bonds is 16. The molecule has 1 rings (SSSR count). The number of hydrogen-bond donors (Lipinski definition) is 9. The maximum absolute atomic E-state index is 13.1. The molecule has 15 heteroatoms. The van der Waals surface area contributed by atoms with Gasteiger partial charge in [0.25, 0.3) is 0 Å². The van der Waals surface area contributed by atoms with Crippen LogP contribution >= 0.6 is 0 Å². The second-order valence-corrected chi connectivity index (χ2v) is 8.35. The number of aromatic nitrogens is 2. The van der Waals surface area contributed by atoms with E-state index in [-0.39, 0.29) is 31.3 Å². The maximum Gasteiger partial charge on any atom is 0.326 e. The zero-order chi connectivity index (χ0) is 27.3. The van der Waals surface area contributed by atoms with E-state index in [2.05, 4.69) is 30.9 Å². The van der Waals surface area contributed by atoms with Gasteiger partial charge in [-0.05, 0) is 18.8 Å². The number of aromatic amines is 1. The summed E-state index contributed by atoms with van der Waals surface area (Å²) in [6.45, 7) is 3.11. The van der Waals surface area contributed by atoms with Gasteiger partial charge in [-0.15, -0.1) is 0 Å². The van der Waals surface area contributed by atoms with E-state index in [0.29, 0.717) is 18.5 Å². The molecule has 5 unspecified atom stereocenters. The lowest BCUT2D eigenvalue weighted by atomic mass is 9.97. The molecular formula is C21H37N9O6. The van der Waals surface area contributed by atoms with Crippen LogP contribution in [0.4, 0.5) is 0 Å². The van der Waals surface area contributed by atoms with Crippen molar-refractivity contribution < 1.29 is 29.4 Å². The zero-order valence-electron chi connectivity index (χ0n) is 20.4. The van der Waals surface area contributed by atoms with Crippen LogP contribution in [0.2, 0.25) is 0 Å². The number of nitrogens with one attached hydrogen (secondary N) is 4. The summed E-state index contributed by atoms with van der Waals surface area (Å²) in [5.41, 5.74) is 16.6. The van der Waals surface area contributed by atoms with E-state index < -0.39 is 54.5 Å². The molecule has 1 heterocycles. The van der Waals surface area contributed by atoms with E-state index in [9.17, 15) is 24.3 Å². The first-order valence-electron chi connectivity index (χ1n) is 11.5. The van der Waals surface area contributed by atoms with Crippen LogP contribution in [0.25, 0.3) is 0 Å². The number of aliphatic carboxylic acids is 1. The molecule has 0 bridgehead atoms. The van der Waals surface area contributed by atoms with Crippen molar-refractivity contribution in [2.75, 3.05) is 13.2 Å². The van der Waals surface area contributed by atoms with Gasteiger partial charge in [0.05, 0.1) is 12.9 Å². The minimum absolute atomic E-state index is 0.00705. The maximum atomic E-state index is 13.1. The van der Waals surface area contributed by atoms with E-state index in [4.69, 9.17) is 22.3 Å². The molecule has 5 atom stereocenters. The number of amides is 3. The largest absolute Gasteiger partial charge is 0.480 e. The van der Waals surface area contributed by atoms with Gasteiger partial charge in [0.15, 0.2) is 5.96 Å². The van der Waals surface area contributed by atoms with Gasteiger partial charge in [0, 0.05) is 24.9 Å². The van der Waals surface area contributed by atoms with Crippen molar-refractivity contribution in [3.8, 4) is 0 Å². The Hall–Kier alpha value is -3.72. The Balaban J connectivity index is 3.00. The van der Waals surface area contributed by atoms with Gasteiger partial charge in [-0.1, -0.05) is 20.3 Å². The van der Waals surface area contributed by atoms with Gasteiger partial charge in [-0.3, -0.25) is 19.4 Å². The number of guanidine groups is 1. The lowest BCUT2D eigenvalue weighted by molar-refractivity contribution is -0.143. The van der Waals surface area contributed by atoms with Crippen LogP contribution in [0.1, 0.15) is 38.8 Å². The van der Waals surface area contributed by atoms with E-state index in [1.165, 1.54) is 12.5 Å². The van der Waals surface area contributed by atoms with Crippen LogP contribution in [-0.4, -0.2) is 87.2 Å². The van der Waals surface area contributed by atoms with Crippen molar-refractivity contribution in [3.05, 3.63) is 18.2 Å². The summed E-state index contributed by atoms with van der Waals surface area (Å²) in [6, 6.07) is -4.70. The van der Waals surface area contributed by atoms with Crippen molar-refractivity contribution in [2.24, 2.45) is 28.1 Å². The minimum Gasteiger partial charge on any atom is -0.480 e. The van der Waals surface area contributed by atoms with E-state index in [0.717, 1.165) is 0 Å². The first-order valence-corrected chi connectivity index (χ1v) is 11.5. The molecule has 0 fully saturated rings. The molecule has 0 spiro atoms. The molecule has 0 aliphatic rings. The molecule has 0 aromatic carbocycles. The number of carbonyl (C=O) groups is 4.